The van der Waals surface area contributed by atoms with Crippen LogP contribution in [0.25, 0.3) is 0 Å². The van der Waals surface area contributed by atoms with E-state index in [-0.39, 0.29) is 12.6 Å². The summed E-state index contributed by atoms with van der Waals surface area (Å²) < 4.78 is 1.04. The van der Waals surface area contributed by atoms with Gasteiger partial charge in [-0.3, -0.25) is 0 Å². The predicted molar refractivity (Wildman–Crippen MR) is 81.0 cm³/mol. The summed E-state index contributed by atoms with van der Waals surface area (Å²) in [6.07, 6.45) is 2.29. The summed E-state index contributed by atoms with van der Waals surface area (Å²) in [5.74, 6) is 0. The molecule has 0 spiro atoms. The van der Waals surface area contributed by atoms with E-state index in [4.69, 9.17) is 10.8 Å². The zero-order valence-electron chi connectivity index (χ0n) is 11.2. The van der Waals surface area contributed by atoms with Gasteiger partial charge in [-0.05, 0) is 31.0 Å². The number of nitrogens with zero attached hydrogens (tertiary/aromatic N) is 1. The lowest BCUT2D eigenvalue weighted by Crippen LogP contribution is -2.27. The summed E-state index contributed by atoms with van der Waals surface area (Å²) in [5, 5.41) is 9.14. The van der Waals surface area contributed by atoms with Crippen molar-refractivity contribution in [2.75, 3.05) is 24.6 Å². The molecule has 0 aliphatic carbocycles. The van der Waals surface area contributed by atoms with E-state index in [1.54, 1.807) is 0 Å². The highest BCUT2D eigenvalue weighted by molar-refractivity contribution is 9.10. The Morgan fingerprint density at radius 3 is 2.61 bits per heavy atom. The second kappa shape index (κ2) is 7.77. The Labute approximate surface area is 118 Å². The molecule has 0 radical (unpaired) electrons. The van der Waals surface area contributed by atoms with Crippen molar-refractivity contribution in [3.8, 4) is 0 Å². The maximum atomic E-state index is 9.14. The molecule has 1 rings (SSSR count). The number of anilines is 1. The third kappa shape index (κ3) is 4.26. The summed E-state index contributed by atoms with van der Waals surface area (Å²) in [4.78, 5) is 2.21. The lowest BCUT2D eigenvalue weighted by Gasteiger charge is -2.25. The Morgan fingerprint density at radius 2 is 2.11 bits per heavy atom. The third-order valence-corrected chi connectivity index (χ3v) is 3.68. The highest BCUT2D eigenvalue weighted by atomic mass is 79.9. The normalized spacial score (nSPS) is 12.5. The van der Waals surface area contributed by atoms with Crippen LogP contribution in [0.3, 0.4) is 0 Å². The van der Waals surface area contributed by atoms with Crippen LogP contribution in [-0.2, 0) is 0 Å². The molecule has 0 aromatic heterocycles. The average molecular weight is 315 g/mol. The summed E-state index contributed by atoms with van der Waals surface area (Å²) in [5.41, 5.74) is 8.14. The molecule has 0 unspecified atom stereocenters. The van der Waals surface area contributed by atoms with Crippen LogP contribution in [-0.4, -0.2) is 24.8 Å². The van der Waals surface area contributed by atoms with Crippen LogP contribution in [0.5, 0.6) is 0 Å². The van der Waals surface area contributed by atoms with Crippen molar-refractivity contribution in [3.05, 3.63) is 28.2 Å². The van der Waals surface area contributed by atoms with E-state index in [1.807, 2.05) is 6.92 Å². The summed E-state index contributed by atoms with van der Waals surface area (Å²) >= 11 is 3.57. The van der Waals surface area contributed by atoms with Crippen LogP contribution in [0.1, 0.15) is 38.3 Å². The molecule has 0 saturated carbocycles. The van der Waals surface area contributed by atoms with Gasteiger partial charge in [-0.15, -0.1) is 0 Å². The lowest BCUT2D eigenvalue weighted by molar-refractivity contribution is 0.301. The second-order valence-corrected chi connectivity index (χ2v) is 5.41. The van der Waals surface area contributed by atoms with Gasteiger partial charge in [0.25, 0.3) is 0 Å². The van der Waals surface area contributed by atoms with Gasteiger partial charge in [-0.25, -0.2) is 0 Å². The van der Waals surface area contributed by atoms with Crippen molar-refractivity contribution in [1.29, 1.82) is 0 Å². The number of unbranched alkanes of at least 4 members (excludes halogenated alkanes) is 1. The molecule has 0 heterocycles. The molecule has 0 aliphatic heterocycles. The molecule has 4 heteroatoms. The van der Waals surface area contributed by atoms with Crippen molar-refractivity contribution in [1.82, 2.24) is 0 Å². The van der Waals surface area contributed by atoms with Gasteiger partial charge < -0.3 is 15.7 Å². The van der Waals surface area contributed by atoms with Gasteiger partial charge in [-0.2, -0.15) is 0 Å². The Kier molecular flexibility index (Phi) is 6.68. The zero-order chi connectivity index (χ0) is 13.5. The molecule has 0 saturated heterocycles. The maximum Gasteiger partial charge on any atom is 0.0606 e. The fraction of sp³-hybridized carbons (Fsp3) is 0.571. The molecule has 1 atom stereocenters. The maximum absolute atomic E-state index is 9.14. The van der Waals surface area contributed by atoms with Crippen LogP contribution < -0.4 is 10.6 Å². The van der Waals surface area contributed by atoms with Gasteiger partial charge in [-0.1, -0.05) is 35.3 Å². The van der Waals surface area contributed by atoms with E-state index in [2.05, 4.69) is 46.0 Å². The van der Waals surface area contributed by atoms with Crippen LogP contribution in [0.2, 0.25) is 0 Å². The molecule has 1 aromatic rings. The molecule has 3 N–H and O–H groups in total. The standard InChI is InChI=1S/C14H23BrN2O/c1-3-4-7-17(8-9-18)12-5-6-13(11(2)16)14(15)10-12/h5-6,10-11,18H,3-4,7-9,16H2,1-2H3/t11-/m0/s1. The van der Waals surface area contributed by atoms with Crippen molar-refractivity contribution in [3.63, 3.8) is 0 Å². The third-order valence-electron chi connectivity index (χ3n) is 2.99. The lowest BCUT2D eigenvalue weighted by atomic mass is 10.1. The van der Waals surface area contributed by atoms with Gasteiger partial charge in [0.05, 0.1) is 6.61 Å². The number of hydrogen-bond donors (Lipinski definition) is 2. The topological polar surface area (TPSA) is 49.5 Å². The zero-order valence-corrected chi connectivity index (χ0v) is 12.8. The van der Waals surface area contributed by atoms with Crippen molar-refractivity contribution in [2.24, 2.45) is 5.73 Å². The van der Waals surface area contributed by atoms with Gasteiger partial charge >= 0.3 is 0 Å². The first-order chi connectivity index (χ1) is 8.60. The quantitative estimate of drug-likeness (QED) is 0.813. The summed E-state index contributed by atoms with van der Waals surface area (Å²) in [7, 11) is 0. The Bertz CT molecular complexity index is 369. The van der Waals surface area contributed by atoms with E-state index < -0.39 is 0 Å². The van der Waals surface area contributed by atoms with Gasteiger partial charge in [0.15, 0.2) is 0 Å². The monoisotopic (exact) mass is 314 g/mol. The largest absolute Gasteiger partial charge is 0.395 e. The van der Waals surface area contributed by atoms with E-state index in [0.29, 0.717) is 6.54 Å². The van der Waals surface area contributed by atoms with Gasteiger partial charge in [0, 0.05) is 29.3 Å². The smallest absolute Gasteiger partial charge is 0.0606 e. The van der Waals surface area contributed by atoms with E-state index in [1.165, 1.54) is 0 Å². The van der Waals surface area contributed by atoms with Crippen molar-refractivity contribution < 1.29 is 5.11 Å². The highest BCUT2D eigenvalue weighted by Gasteiger charge is 2.10. The molecule has 0 amide bonds. The second-order valence-electron chi connectivity index (χ2n) is 4.56. The fourth-order valence-corrected chi connectivity index (χ4v) is 2.65. The predicted octanol–water partition coefficient (Wildman–Crippen LogP) is 3.07. The average Bonchev–Trinajstić information content (AvgIpc) is 2.33. The first kappa shape index (κ1) is 15.5. The number of nitrogens with two attached hydrogens (primary N) is 1. The number of aliphatic hydroxyl groups excluding tert-OH is 1. The molecular formula is C14H23BrN2O. The van der Waals surface area contributed by atoms with Crippen LogP contribution >= 0.6 is 15.9 Å². The van der Waals surface area contributed by atoms with E-state index >= 15 is 0 Å². The van der Waals surface area contributed by atoms with Crippen molar-refractivity contribution >= 4 is 21.6 Å². The molecule has 1 aromatic carbocycles. The van der Waals surface area contributed by atoms with Crippen molar-refractivity contribution in [2.45, 2.75) is 32.7 Å². The molecule has 0 fully saturated rings. The van der Waals surface area contributed by atoms with Crippen LogP contribution in [0.15, 0.2) is 22.7 Å². The van der Waals surface area contributed by atoms with Gasteiger partial charge in [0.1, 0.15) is 0 Å². The first-order valence-corrected chi connectivity index (χ1v) is 7.30. The first-order valence-electron chi connectivity index (χ1n) is 6.51. The van der Waals surface area contributed by atoms with E-state index in [0.717, 1.165) is 35.1 Å². The Hall–Kier alpha value is -0.580. The Balaban J connectivity index is 2.88. The summed E-state index contributed by atoms with van der Waals surface area (Å²) in [6.45, 7) is 5.97. The number of hydrogen-bond acceptors (Lipinski definition) is 3. The molecule has 3 nitrogen and oxygen atoms in total. The van der Waals surface area contributed by atoms with Crippen LogP contribution in [0.4, 0.5) is 5.69 Å². The minimum atomic E-state index is 0.0235. The molecule has 18 heavy (non-hydrogen) atoms. The SMILES string of the molecule is CCCCN(CCO)c1ccc([C@H](C)N)c(Br)c1. The van der Waals surface area contributed by atoms with E-state index in [9.17, 15) is 0 Å². The molecule has 0 aliphatic rings. The molecular weight excluding hydrogens is 292 g/mol. The molecule has 102 valence electrons. The minimum Gasteiger partial charge on any atom is -0.395 e. The summed E-state index contributed by atoms with van der Waals surface area (Å²) in [6, 6.07) is 6.24. The number of rotatable bonds is 7. The number of benzene rings is 1. The number of aliphatic hydroxyl groups is 1. The highest BCUT2D eigenvalue weighted by Crippen LogP contribution is 2.27. The van der Waals surface area contributed by atoms with Gasteiger partial charge in [0.2, 0.25) is 0 Å². The minimum absolute atomic E-state index is 0.0235. The van der Waals surface area contributed by atoms with Crippen LogP contribution in [0, 0.1) is 0 Å². The fourth-order valence-electron chi connectivity index (χ4n) is 1.92. The number of halogens is 1. The molecule has 0 bridgehead atoms. The Morgan fingerprint density at radius 1 is 1.39 bits per heavy atom.